The molecule has 2 aliphatic heterocycles. The highest BCUT2D eigenvalue weighted by atomic mass is 32.1. The van der Waals surface area contributed by atoms with Gasteiger partial charge in [-0.1, -0.05) is 24.3 Å². The number of fused-ring (bicyclic) bond motifs is 2. The van der Waals surface area contributed by atoms with Crippen molar-refractivity contribution in [2.45, 2.75) is 25.6 Å². The third kappa shape index (κ3) is 3.19. The number of thiophene rings is 1. The molecule has 1 atom stereocenters. The molecule has 0 fully saturated rings. The van der Waals surface area contributed by atoms with Crippen LogP contribution in [0.15, 0.2) is 54.2 Å². The first-order valence-corrected chi connectivity index (χ1v) is 10.3. The van der Waals surface area contributed by atoms with Crippen molar-refractivity contribution in [3.63, 3.8) is 0 Å². The SMILES string of the molecule is O=C(CN1CCc2sccc2C1)N1Cc2ccccc2[C@H](n2cccn2)C1. The van der Waals surface area contributed by atoms with Crippen LogP contribution in [0, 0.1) is 0 Å². The Hall–Kier alpha value is -2.44. The van der Waals surface area contributed by atoms with Crippen LogP contribution in [0.2, 0.25) is 0 Å². The highest BCUT2D eigenvalue weighted by Crippen LogP contribution is 2.30. The fraction of sp³-hybridized carbons (Fsp3) is 0.333. The average Bonchev–Trinajstić information content (AvgIpc) is 3.38. The second-order valence-corrected chi connectivity index (χ2v) is 8.31. The summed E-state index contributed by atoms with van der Waals surface area (Å²) in [5, 5.41) is 6.60. The molecule has 5 rings (SSSR count). The van der Waals surface area contributed by atoms with Gasteiger partial charge in [-0.15, -0.1) is 11.3 Å². The molecule has 4 heterocycles. The lowest BCUT2D eigenvalue weighted by Gasteiger charge is -2.36. The molecule has 0 radical (unpaired) electrons. The maximum Gasteiger partial charge on any atom is 0.237 e. The third-order valence-corrected chi connectivity index (χ3v) is 6.63. The lowest BCUT2D eigenvalue weighted by atomic mass is 9.95. The van der Waals surface area contributed by atoms with Gasteiger partial charge in [0.25, 0.3) is 0 Å². The molecule has 0 aliphatic carbocycles. The minimum absolute atomic E-state index is 0.0822. The van der Waals surface area contributed by atoms with E-state index in [1.165, 1.54) is 21.6 Å². The normalized spacial score (nSPS) is 19.6. The number of hydrogen-bond donors (Lipinski definition) is 0. The molecule has 0 bridgehead atoms. The summed E-state index contributed by atoms with van der Waals surface area (Å²) in [7, 11) is 0. The molecule has 2 aliphatic rings. The van der Waals surface area contributed by atoms with Crippen molar-refractivity contribution < 1.29 is 4.79 Å². The number of benzene rings is 1. The summed E-state index contributed by atoms with van der Waals surface area (Å²) >= 11 is 1.83. The maximum absolute atomic E-state index is 13.1. The van der Waals surface area contributed by atoms with Gasteiger partial charge in [-0.25, -0.2) is 0 Å². The highest BCUT2D eigenvalue weighted by Gasteiger charge is 2.30. The Morgan fingerprint density at radius 1 is 1.15 bits per heavy atom. The van der Waals surface area contributed by atoms with Crippen molar-refractivity contribution >= 4 is 17.2 Å². The Morgan fingerprint density at radius 2 is 2.07 bits per heavy atom. The summed E-state index contributed by atoms with van der Waals surface area (Å²) in [4.78, 5) is 18.9. The van der Waals surface area contributed by atoms with E-state index in [9.17, 15) is 4.79 Å². The molecule has 0 saturated carbocycles. The zero-order valence-corrected chi connectivity index (χ0v) is 15.9. The molecule has 138 valence electrons. The topological polar surface area (TPSA) is 41.4 Å². The van der Waals surface area contributed by atoms with Crippen LogP contribution < -0.4 is 0 Å². The van der Waals surface area contributed by atoms with E-state index in [1.807, 2.05) is 33.2 Å². The Kier molecular flexibility index (Phi) is 4.30. The number of amides is 1. The summed E-state index contributed by atoms with van der Waals surface area (Å²) < 4.78 is 1.97. The molecule has 2 aromatic heterocycles. The number of rotatable bonds is 3. The molecular formula is C21H22N4OS. The molecule has 0 saturated heterocycles. The molecule has 27 heavy (non-hydrogen) atoms. The summed E-state index contributed by atoms with van der Waals surface area (Å²) in [5.74, 6) is 0.209. The van der Waals surface area contributed by atoms with Gasteiger partial charge in [-0.2, -0.15) is 5.10 Å². The van der Waals surface area contributed by atoms with E-state index in [4.69, 9.17) is 0 Å². The van der Waals surface area contributed by atoms with Crippen LogP contribution in [-0.4, -0.2) is 45.1 Å². The van der Waals surface area contributed by atoms with Crippen LogP contribution in [-0.2, 0) is 24.3 Å². The van der Waals surface area contributed by atoms with Crippen molar-refractivity contribution in [3.05, 3.63) is 75.7 Å². The summed E-state index contributed by atoms with van der Waals surface area (Å²) in [6.45, 7) is 3.70. The molecule has 6 heteroatoms. The lowest BCUT2D eigenvalue weighted by Crippen LogP contribution is -2.46. The zero-order chi connectivity index (χ0) is 18.2. The van der Waals surface area contributed by atoms with Crippen LogP contribution in [0.5, 0.6) is 0 Å². The highest BCUT2D eigenvalue weighted by molar-refractivity contribution is 7.10. The summed E-state index contributed by atoms with van der Waals surface area (Å²) in [5.41, 5.74) is 3.87. The number of carbonyl (C=O) groups is 1. The van der Waals surface area contributed by atoms with E-state index in [1.54, 1.807) is 6.20 Å². The predicted molar refractivity (Wildman–Crippen MR) is 106 cm³/mol. The van der Waals surface area contributed by atoms with Crippen LogP contribution in [0.25, 0.3) is 0 Å². The van der Waals surface area contributed by atoms with Crippen molar-refractivity contribution in [2.24, 2.45) is 0 Å². The number of nitrogens with zero attached hydrogens (tertiary/aromatic N) is 4. The Morgan fingerprint density at radius 3 is 2.96 bits per heavy atom. The number of aromatic nitrogens is 2. The first-order chi connectivity index (χ1) is 13.3. The first kappa shape index (κ1) is 16.7. The zero-order valence-electron chi connectivity index (χ0n) is 15.1. The molecule has 0 spiro atoms. The van der Waals surface area contributed by atoms with E-state index < -0.39 is 0 Å². The van der Waals surface area contributed by atoms with E-state index in [-0.39, 0.29) is 11.9 Å². The predicted octanol–water partition coefficient (Wildman–Crippen LogP) is 2.93. The van der Waals surface area contributed by atoms with Gasteiger partial charge in [0.15, 0.2) is 0 Å². The molecule has 0 unspecified atom stereocenters. The Labute approximate surface area is 162 Å². The fourth-order valence-electron chi connectivity index (χ4n) is 4.19. The van der Waals surface area contributed by atoms with Gasteiger partial charge in [-0.05, 0) is 40.6 Å². The van der Waals surface area contributed by atoms with Gasteiger partial charge in [0, 0.05) is 43.4 Å². The van der Waals surface area contributed by atoms with Crippen LogP contribution in [0.3, 0.4) is 0 Å². The minimum Gasteiger partial charge on any atom is -0.335 e. The van der Waals surface area contributed by atoms with Crippen LogP contribution in [0.4, 0.5) is 0 Å². The second-order valence-electron chi connectivity index (χ2n) is 7.30. The summed E-state index contributed by atoms with van der Waals surface area (Å²) in [6, 6.07) is 12.6. The van der Waals surface area contributed by atoms with Crippen LogP contribution in [0.1, 0.15) is 27.6 Å². The van der Waals surface area contributed by atoms with Gasteiger partial charge < -0.3 is 4.90 Å². The molecule has 0 N–H and O–H groups in total. The first-order valence-electron chi connectivity index (χ1n) is 9.40. The van der Waals surface area contributed by atoms with Crippen molar-refractivity contribution in [1.82, 2.24) is 19.6 Å². The number of carbonyl (C=O) groups excluding carboxylic acids is 1. The van der Waals surface area contributed by atoms with Gasteiger partial charge >= 0.3 is 0 Å². The van der Waals surface area contributed by atoms with E-state index >= 15 is 0 Å². The van der Waals surface area contributed by atoms with Gasteiger partial charge in [-0.3, -0.25) is 14.4 Å². The molecular weight excluding hydrogens is 356 g/mol. The minimum atomic E-state index is 0.0822. The fourth-order valence-corrected chi connectivity index (χ4v) is 5.08. The van der Waals surface area contributed by atoms with E-state index in [0.29, 0.717) is 19.6 Å². The largest absolute Gasteiger partial charge is 0.335 e. The smallest absolute Gasteiger partial charge is 0.237 e. The second kappa shape index (κ2) is 6.94. The number of hydrogen-bond acceptors (Lipinski definition) is 4. The molecule has 1 aromatic carbocycles. The van der Waals surface area contributed by atoms with Crippen molar-refractivity contribution in [3.8, 4) is 0 Å². The Balaban J connectivity index is 1.34. The lowest BCUT2D eigenvalue weighted by molar-refractivity contribution is -0.134. The van der Waals surface area contributed by atoms with Gasteiger partial charge in [0.1, 0.15) is 0 Å². The molecule has 3 aromatic rings. The van der Waals surface area contributed by atoms with Gasteiger partial charge in [0.2, 0.25) is 5.91 Å². The molecule has 1 amide bonds. The quantitative estimate of drug-likeness (QED) is 0.704. The summed E-state index contributed by atoms with van der Waals surface area (Å²) in [6.07, 6.45) is 4.84. The van der Waals surface area contributed by atoms with E-state index in [2.05, 4.69) is 45.7 Å². The molecule has 5 nitrogen and oxygen atoms in total. The van der Waals surface area contributed by atoms with Crippen LogP contribution >= 0.6 is 11.3 Å². The average molecular weight is 379 g/mol. The van der Waals surface area contributed by atoms with Crippen molar-refractivity contribution in [1.29, 1.82) is 0 Å². The standard InChI is InChI=1S/C21H22N4OS/c26-21(15-23-10-6-20-17(12-23)7-11-27-20)24-13-16-4-1-2-5-18(16)19(14-24)25-9-3-8-22-25/h1-5,7-9,11,19H,6,10,12-15H2/t19-/m1/s1. The monoisotopic (exact) mass is 378 g/mol. The maximum atomic E-state index is 13.1. The Bertz CT molecular complexity index is 949. The van der Waals surface area contributed by atoms with Gasteiger partial charge in [0.05, 0.1) is 12.6 Å². The van der Waals surface area contributed by atoms with Crippen molar-refractivity contribution in [2.75, 3.05) is 19.6 Å². The van der Waals surface area contributed by atoms with E-state index in [0.717, 1.165) is 19.5 Å². The third-order valence-electron chi connectivity index (χ3n) is 5.61.